The number of rotatable bonds is 8. The van der Waals surface area contributed by atoms with E-state index in [2.05, 4.69) is 52.9 Å². The van der Waals surface area contributed by atoms with Gasteiger partial charge in [-0.25, -0.2) is 0 Å². The molecule has 5 heteroatoms. The number of thioether (sulfide) groups is 1. The lowest BCUT2D eigenvalue weighted by Crippen LogP contribution is -2.24. The van der Waals surface area contributed by atoms with Crippen LogP contribution in [0.5, 0.6) is 0 Å². The molecule has 0 aromatic heterocycles. The summed E-state index contributed by atoms with van der Waals surface area (Å²) in [5.74, 6) is 0. The Morgan fingerprint density at radius 1 is 0.722 bits per heavy atom. The van der Waals surface area contributed by atoms with Crippen molar-refractivity contribution in [3.05, 3.63) is 96.1 Å². The minimum absolute atomic E-state index is 0.531. The zero-order chi connectivity index (χ0) is 25.5. The molecule has 0 aliphatic rings. The highest BCUT2D eigenvalue weighted by molar-refractivity contribution is 7.98. The molecule has 0 bridgehead atoms. The summed E-state index contributed by atoms with van der Waals surface area (Å²) < 4.78 is 0. The average Bonchev–Trinajstić information content (AvgIpc) is 2.94. The summed E-state index contributed by atoms with van der Waals surface area (Å²) in [7, 11) is 0. The minimum Gasteiger partial charge on any atom is -0.370 e. The van der Waals surface area contributed by atoms with Gasteiger partial charge in [0.05, 0.1) is 16.8 Å². The quantitative estimate of drug-likeness (QED) is 0.254. The Morgan fingerprint density at radius 2 is 1.22 bits per heavy atom. The summed E-state index contributed by atoms with van der Waals surface area (Å²) in [6.45, 7) is 5.51. The smallest absolute Gasteiger partial charge is 0.102 e. The molecule has 4 rings (SSSR count). The van der Waals surface area contributed by atoms with Gasteiger partial charge in [-0.3, -0.25) is 0 Å². The van der Waals surface area contributed by atoms with E-state index >= 15 is 0 Å². The SMILES string of the molecule is CCN(CC)c1c(C#N)c(-c2ccccc2)cc(-c2ccc(Nc3ccc(SC)cc3)cc2)c1C#N. The molecule has 4 nitrogen and oxygen atoms in total. The van der Waals surface area contributed by atoms with Gasteiger partial charge >= 0.3 is 0 Å². The second kappa shape index (κ2) is 11.5. The van der Waals surface area contributed by atoms with Gasteiger partial charge in [0, 0.05) is 40.5 Å². The molecule has 1 N–H and O–H groups in total. The fourth-order valence-electron chi connectivity index (χ4n) is 4.40. The number of nitriles is 2. The molecule has 4 aromatic carbocycles. The minimum atomic E-state index is 0.531. The lowest BCUT2D eigenvalue weighted by Gasteiger charge is -2.26. The largest absolute Gasteiger partial charge is 0.370 e. The van der Waals surface area contributed by atoms with Crippen molar-refractivity contribution in [1.82, 2.24) is 0 Å². The number of nitrogens with zero attached hydrogens (tertiary/aromatic N) is 3. The molecular formula is C31H28N4S. The summed E-state index contributed by atoms with van der Waals surface area (Å²) in [6.07, 6.45) is 2.06. The lowest BCUT2D eigenvalue weighted by atomic mass is 9.88. The van der Waals surface area contributed by atoms with E-state index in [1.165, 1.54) is 4.90 Å². The van der Waals surface area contributed by atoms with Crippen LogP contribution >= 0.6 is 11.8 Å². The van der Waals surface area contributed by atoms with Crippen LogP contribution in [0.1, 0.15) is 25.0 Å². The third-order valence-electron chi connectivity index (χ3n) is 6.26. The normalized spacial score (nSPS) is 10.4. The number of hydrogen-bond acceptors (Lipinski definition) is 5. The van der Waals surface area contributed by atoms with Crippen LogP contribution in [-0.4, -0.2) is 19.3 Å². The summed E-state index contributed by atoms with van der Waals surface area (Å²) >= 11 is 1.72. The van der Waals surface area contributed by atoms with Crippen LogP contribution in [-0.2, 0) is 0 Å². The molecule has 0 radical (unpaired) electrons. The van der Waals surface area contributed by atoms with Gasteiger partial charge in [-0.1, -0.05) is 42.5 Å². The van der Waals surface area contributed by atoms with E-state index in [0.29, 0.717) is 29.9 Å². The lowest BCUT2D eigenvalue weighted by molar-refractivity contribution is 0.863. The van der Waals surface area contributed by atoms with Crippen molar-refractivity contribution in [3.63, 3.8) is 0 Å². The molecule has 0 saturated carbocycles. The predicted octanol–water partition coefficient (Wildman–Crippen LogP) is 8.08. The van der Waals surface area contributed by atoms with Crippen LogP contribution in [0.25, 0.3) is 22.3 Å². The van der Waals surface area contributed by atoms with Gasteiger partial charge in [-0.05, 0) is 73.7 Å². The topological polar surface area (TPSA) is 62.9 Å². The Labute approximate surface area is 217 Å². The van der Waals surface area contributed by atoms with Gasteiger partial charge in [-0.2, -0.15) is 10.5 Å². The van der Waals surface area contributed by atoms with Crippen LogP contribution in [0.4, 0.5) is 17.1 Å². The van der Waals surface area contributed by atoms with Crippen LogP contribution < -0.4 is 10.2 Å². The molecule has 178 valence electrons. The van der Waals surface area contributed by atoms with Gasteiger partial charge in [0.1, 0.15) is 12.1 Å². The average molecular weight is 489 g/mol. The summed E-state index contributed by atoms with van der Waals surface area (Å²) in [5, 5.41) is 23.9. The fourth-order valence-corrected chi connectivity index (χ4v) is 4.81. The van der Waals surface area contributed by atoms with Gasteiger partial charge in [-0.15, -0.1) is 11.8 Å². The van der Waals surface area contributed by atoms with Crippen molar-refractivity contribution >= 4 is 28.8 Å². The maximum Gasteiger partial charge on any atom is 0.102 e. The first-order chi connectivity index (χ1) is 17.6. The van der Waals surface area contributed by atoms with Gasteiger partial charge < -0.3 is 10.2 Å². The van der Waals surface area contributed by atoms with Crippen LogP contribution in [0.3, 0.4) is 0 Å². The first kappa shape index (κ1) is 24.9. The van der Waals surface area contributed by atoms with E-state index < -0.39 is 0 Å². The van der Waals surface area contributed by atoms with Crippen molar-refractivity contribution in [2.24, 2.45) is 0 Å². The number of nitrogens with one attached hydrogen (secondary N) is 1. The molecule has 0 aliphatic heterocycles. The monoisotopic (exact) mass is 488 g/mol. The van der Waals surface area contributed by atoms with Crippen molar-refractivity contribution in [2.75, 3.05) is 29.6 Å². The number of hydrogen-bond donors (Lipinski definition) is 1. The molecule has 4 aromatic rings. The second-order valence-electron chi connectivity index (χ2n) is 8.26. The highest BCUT2D eigenvalue weighted by Gasteiger charge is 2.23. The predicted molar refractivity (Wildman–Crippen MR) is 152 cm³/mol. The van der Waals surface area contributed by atoms with Crippen LogP contribution in [0.15, 0.2) is 89.8 Å². The van der Waals surface area contributed by atoms with E-state index in [1.54, 1.807) is 11.8 Å². The van der Waals surface area contributed by atoms with Crippen molar-refractivity contribution < 1.29 is 0 Å². The Morgan fingerprint density at radius 3 is 1.69 bits per heavy atom. The molecule has 0 heterocycles. The third kappa shape index (κ3) is 5.08. The third-order valence-corrected chi connectivity index (χ3v) is 7.01. The fraction of sp³-hybridized carbons (Fsp3) is 0.161. The maximum atomic E-state index is 10.3. The zero-order valence-corrected chi connectivity index (χ0v) is 21.6. The first-order valence-corrected chi connectivity index (χ1v) is 13.2. The molecular weight excluding hydrogens is 460 g/mol. The standard InChI is InChI=1S/C31H28N4S/c1-4-35(5-2)31-29(20-32)27(22-9-7-6-8-10-22)19-28(30(31)21-33)23-11-13-24(14-12-23)34-25-15-17-26(36-3)18-16-25/h6-19,34H,4-5H2,1-3H3. The van der Waals surface area contributed by atoms with E-state index in [-0.39, 0.29) is 0 Å². The molecule has 0 atom stereocenters. The van der Waals surface area contributed by atoms with E-state index in [9.17, 15) is 10.5 Å². The molecule has 36 heavy (non-hydrogen) atoms. The highest BCUT2D eigenvalue weighted by atomic mass is 32.2. The van der Waals surface area contributed by atoms with E-state index in [1.807, 2.05) is 74.5 Å². The maximum absolute atomic E-state index is 10.3. The Balaban J connectivity index is 1.83. The van der Waals surface area contributed by atoms with Crippen LogP contribution in [0, 0.1) is 22.7 Å². The number of anilines is 3. The molecule has 0 saturated heterocycles. The van der Waals surface area contributed by atoms with E-state index in [4.69, 9.17) is 0 Å². The summed E-state index contributed by atoms with van der Waals surface area (Å²) in [4.78, 5) is 3.32. The first-order valence-electron chi connectivity index (χ1n) is 12.0. The van der Waals surface area contributed by atoms with Gasteiger partial charge in [0.25, 0.3) is 0 Å². The second-order valence-corrected chi connectivity index (χ2v) is 9.14. The van der Waals surface area contributed by atoms with E-state index in [0.717, 1.165) is 33.6 Å². The van der Waals surface area contributed by atoms with Crippen molar-refractivity contribution in [1.29, 1.82) is 10.5 Å². The van der Waals surface area contributed by atoms with Crippen molar-refractivity contribution in [2.45, 2.75) is 18.7 Å². The van der Waals surface area contributed by atoms with Crippen LogP contribution in [0.2, 0.25) is 0 Å². The Kier molecular flexibility index (Phi) is 7.95. The summed E-state index contributed by atoms with van der Waals surface area (Å²) in [6, 6.07) is 33.2. The highest BCUT2D eigenvalue weighted by Crippen LogP contribution is 2.40. The van der Waals surface area contributed by atoms with Gasteiger partial charge in [0.15, 0.2) is 0 Å². The number of benzene rings is 4. The Bertz CT molecular complexity index is 1410. The molecule has 0 amide bonds. The molecule has 0 spiro atoms. The molecule has 0 fully saturated rings. The molecule has 0 unspecified atom stereocenters. The zero-order valence-electron chi connectivity index (χ0n) is 20.7. The summed E-state index contributed by atoms with van der Waals surface area (Å²) in [5.41, 5.74) is 7.32. The van der Waals surface area contributed by atoms with Gasteiger partial charge in [0.2, 0.25) is 0 Å². The van der Waals surface area contributed by atoms with Crippen molar-refractivity contribution in [3.8, 4) is 34.4 Å². The Hall–Kier alpha value is -4.19. The molecule has 0 aliphatic carbocycles.